The minimum Gasteiger partial charge on any atom is -0.480 e. The molecule has 1 atom stereocenters. The van der Waals surface area contributed by atoms with Crippen LogP contribution in [0.3, 0.4) is 0 Å². The van der Waals surface area contributed by atoms with E-state index in [0.717, 1.165) is 4.47 Å². The summed E-state index contributed by atoms with van der Waals surface area (Å²) in [4.78, 5) is 29.8. The third kappa shape index (κ3) is 3.67. The lowest BCUT2D eigenvalue weighted by Gasteiger charge is -2.13. The van der Waals surface area contributed by atoms with E-state index in [9.17, 15) is 9.59 Å². The number of carboxylic acid groups (broad SMARTS) is 1. The predicted octanol–water partition coefficient (Wildman–Crippen LogP) is 1.60. The van der Waals surface area contributed by atoms with Crippen LogP contribution < -0.4 is 5.32 Å². The summed E-state index contributed by atoms with van der Waals surface area (Å²) >= 11 is 3.27. The molecule has 1 amide bonds. The van der Waals surface area contributed by atoms with E-state index in [1.807, 2.05) is 0 Å². The Morgan fingerprint density at radius 3 is 2.60 bits per heavy atom. The SMILES string of the molecule is O=C(NC(Cc1cnc[nH]1)C(=O)O)c1ccc(Br)cc1. The van der Waals surface area contributed by atoms with Gasteiger partial charge in [0.15, 0.2) is 0 Å². The Kier molecular flexibility index (Phi) is 4.52. The van der Waals surface area contributed by atoms with E-state index in [4.69, 9.17) is 5.11 Å². The number of aromatic nitrogens is 2. The number of halogens is 1. The average molecular weight is 338 g/mol. The van der Waals surface area contributed by atoms with Gasteiger partial charge in [-0.25, -0.2) is 9.78 Å². The molecule has 7 heteroatoms. The average Bonchev–Trinajstić information content (AvgIpc) is 2.91. The fraction of sp³-hybridized carbons (Fsp3) is 0.154. The van der Waals surface area contributed by atoms with Gasteiger partial charge in [-0.15, -0.1) is 0 Å². The summed E-state index contributed by atoms with van der Waals surface area (Å²) in [6.07, 6.45) is 3.14. The number of carbonyl (C=O) groups excluding carboxylic acids is 1. The number of amides is 1. The largest absolute Gasteiger partial charge is 0.480 e. The molecule has 1 unspecified atom stereocenters. The minimum atomic E-state index is -1.09. The highest BCUT2D eigenvalue weighted by molar-refractivity contribution is 9.10. The van der Waals surface area contributed by atoms with Crippen molar-refractivity contribution in [2.24, 2.45) is 0 Å². The highest BCUT2D eigenvalue weighted by Gasteiger charge is 2.21. The lowest BCUT2D eigenvalue weighted by atomic mass is 10.1. The smallest absolute Gasteiger partial charge is 0.326 e. The molecule has 1 heterocycles. The second-order valence-corrected chi connectivity index (χ2v) is 5.07. The molecule has 0 aliphatic carbocycles. The van der Waals surface area contributed by atoms with Gasteiger partial charge in [-0.05, 0) is 24.3 Å². The summed E-state index contributed by atoms with van der Waals surface area (Å²) < 4.78 is 0.848. The molecule has 0 aliphatic rings. The Balaban J connectivity index is 2.06. The Labute approximate surface area is 123 Å². The van der Waals surface area contributed by atoms with E-state index in [-0.39, 0.29) is 6.42 Å². The Bertz CT molecular complexity index is 596. The molecule has 6 nitrogen and oxygen atoms in total. The van der Waals surface area contributed by atoms with Gasteiger partial charge >= 0.3 is 5.97 Å². The number of carboxylic acids is 1. The molecule has 0 saturated carbocycles. The zero-order valence-electron chi connectivity index (χ0n) is 10.3. The first kappa shape index (κ1) is 14.3. The van der Waals surface area contributed by atoms with Crippen LogP contribution in [-0.2, 0) is 11.2 Å². The van der Waals surface area contributed by atoms with Crippen molar-refractivity contribution in [3.8, 4) is 0 Å². The van der Waals surface area contributed by atoms with Gasteiger partial charge in [-0.1, -0.05) is 15.9 Å². The fourth-order valence-electron chi connectivity index (χ4n) is 1.66. The van der Waals surface area contributed by atoms with Crippen molar-refractivity contribution >= 4 is 27.8 Å². The van der Waals surface area contributed by atoms with Gasteiger partial charge in [0.1, 0.15) is 6.04 Å². The molecule has 0 spiro atoms. The minimum absolute atomic E-state index is 0.150. The Hall–Kier alpha value is -2.15. The quantitative estimate of drug-likeness (QED) is 0.772. The molecule has 0 aliphatic heterocycles. The number of nitrogens with zero attached hydrogens (tertiary/aromatic N) is 1. The number of H-pyrrole nitrogens is 1. The number of imidazole rings is 1. The summed E-state index contributed by atoms with van der Waals surface area (Å²) in [6, 6.07) is 5.67. The van der Waals surface area contributed by atoms with Gasteiger partial charge in [0.25, 0.3) is 5.91 Å². The van der Waals surface area contributed by atoms with Crippen molar-refractivity contribution < 1.29 is 14.7 Å². The van der Waals surface area contributed by atoms with Crippen LogP contribution in [0, 0.1) is 0 Å². The van der Waals surface area contributed by atoms with Crippen molar-refractivity contribution in [2.75, 3.05) is 0 Å². The van der Waals surface area contributed by atoms with Gasteiger partial charge < -0.3 is 15.4 Å². The van der Waals surface area contributed by atoms with Crippen LogP contribution in [0.25, 0.3) is 0 Å². The second kappa shape index (κ2) is 6.33. The van der Waals surface area contributed by atoms with Gasteiger partial charge in [0.2, 0.25) is 0 Å². The van der Waals surface area contributed by atoms with E-state index in [1.54, 1.807) is 24.3 Å². The standard InChI is InChI=1S/C13H12BrN3O3/c14-9-3-1-8(2-4-9)12(18)17-11(13(19)20)5-10-6-15-7-16-10/h1-4,6-7,11H,5H2,(H,15,16)(H,17,18)(H,19,20). The second-order valence-electron chi connectivity index (χ2n) is 4.15. The highest BCUT2D eigenvalue weighted by Crippen LogP contribution is 2.11. The van der Waals surface area contributed by atoms with Gasteiger partial charge in [-0.3, -0.25) is 4.79 Å². The number of hydrogen-bond donors (Lipinski definition) is 3. The topological polar surface area (TPSA) is 95.1 Å². The van der Waals surface area contributed by atoms with Crippen LogP contribution in [0.15, 0.2) is 41.3 Å². The summed E-state index contributed by atoms with van der Waals surface area (Å²) in [5.41, 5.74) is 1.05. The zero-order chi connectivity index (χ0) is 14.5. The number of rotatable bonds is 5. The van der Waals surface area contributed by atoms with Gasteiger partial charge in [0, 0.05) is 28.3 Å². The molecule has 104 valence electrons. The van der Waals surface area contributed by atoms with Crippen molar-refractivity contribution in [3.05, 3.63) is 52.5 Å². The van der Waals surface area contributed by atoms with Crippen molar-refractivity contribution in [1.82, 2.24) is 15.3 Å². The predicted molar refractivity (Wildman–Crippen MR) is 75.3 cm³/mol. The van der Waals surface area contributed by atoms with Crippen LogP contribution >= 0.6 is 15.9 Å². The van der Waals surface area contributed by atoms with Gasteiger partial charge in [0.05, 0.1) is 6.33 Å². The maximum Gasteiger partial charge on any atom is 0.326 e. The van der Waals surface area contributed by atoms with Gasteiger partial charge in [-0.2, -0.15) is 0 Å². The number of benzene rings is 1. The third-order valence-electron chi connectivity index (χ3n) is 2.69. The van der Waals surface area contributed by atoms with E-state index in [2.05, 4.69) is 31.2 Å². The lowest BCUT2D eigenvalue weighted by molar-refractivity contribution is -0.139. The number of nitrogens with one attached hydrogen (secondary N) is 2. The molecule has 0 fully saturated rings. The molecule has 0 saturated heterocycles. The summed E-state index contributed by atoms with van der Waals surface area (Å²) in [7, 11) is 0. The zero-order valence-corrected chi connectivity index (χ0v) is 11.9. The molecule has 20 heavy (non-hydrogen) atoms. The molecular weight excluding hydrogens is 326 g/mol. The fourth-order valence-corrected chi connectivity index (χ4v) is 1.92. The van der Waals surface area contributed by atoms with Crippen molar-refractivity contribution in [3.63, 3.8) is 0 Å². The summed E-state index contributed by atoms with van der Waals surface area (Å²) in [5.74, 6) is -1.52. The molecule has 1 aromatic carbocycles. The van der Waals surface area contributed by atoms with Crippen LogP contribution in [0.4, 0.5) is 0 Å². The Morgan fingerprint density at radius 2 is 2.05 bits per heavy atom. The Morgan fingerprint density at radius 1 is 1.35 bits per heavy atom. The monoisotopic (exact) mass is 337 g/mol. The molecular formula is C13H12BrN3O3. The van der Waals surface area contributed by atoms with E-state index >= 15 is 0 Å². The van der Waals surface area contributed by atoms with Crippen LogP contribution in [-0.4, -0.2) is 33.0 Å². The summed E-state index contributed by atoms with van der Waals surface area (Å²) in [6.45, 7) is 0. The normalized spacial score (nSPS) is 11.8. The molecule has 2 rings (SSSR count). The van der Waals surface area contributed by atoms with Crippen LogP contribution in [0.5, 0.6) is 0 Å². The molecule has 0 bridgehead atoms. The maximum absolute atomic E-state index is 12.0. The van der Waals surface area contributed by atoms with E-state index in [1.165, 1.54) is 12.5 Å². The van der Waals surface area contributed by atoms with Crippen LogP contribution in [0.2, 0.25) is 0 Å². The number of hydrogen-bond acceptors (Lipinski definition) is 3. The highest BCUT2D eigenvalue weighted by atomic mass is 79.9. The van der Waals surface area contributed by atoms with E-state index in [0.29, 0.717) is 11.3 Å². The third-order valence-corrected chi connectivity index (χ3v) is 3.22. The lowest BCUT2D eigenvalue weighted by Crippen LogP contribution is -2.42. The van der Waals surface area contributed by atoms with Crippen molar-refractivity contribution in [2.45, 2.75) is 12.5 Å². The first-order valence-corrected chi connectivity index (χ1v) is 6.62. The summed E-state index contributed by atoms with van der Waals surface area (Å²) in [5, 5.41) is 11.6. The number of aromatic amines is 1. The molecule has 3 N–H and O–H groups in total. The first-order valence-electron chi connectivity index (χ1n) is 5.83. The number of aliphatic carboxylic acids is 1. The van der Waals surface area contributed by atoms with E-state index < -0.39 is 17.9 Å². The molecule has 1 aromatic heterocycles. The van der Waals surface area contributed by atoms with Crippen LogP contribution in [0.1, 0.15) is 16.1 Å². The molecule has 0 radical (unpaired) electrons. The first-order chi connectivity index (χ1) is 9.56. The molecule has 2 aromatic rings. The maximum atomic E-state index is 12.0. The number of carbonyl (C=O) groups is 2. The van der Waals surface area contributed by atoms with Crippen molar-refractivity contribution in [1.29, 1.82) is 0 Å².